The lowest BCUT2D eigenvalue weighted by molar-refractivity contribution is 0.158. The molecule has 0 saturated heterocycles. The van der Waals surface area contributed by atoms with Crippen LogP contribution in [-0.2, 0) is 4.74 Å². The third-order valence-electron chi connectivity index (χ3n) is 1.91. The van der Waals surface area contributed by atoms with Crippen molar-refractivity contribution in [1.82, 2.24) is 9.97 Å². The van der Waals surface area contributed by atoms with Gasteiger partial charge in [-0.25, -0.2) is 9.97 Å². The van der Waals surface area contributed by atoms with E-state index in [-0.39, 0.29) is 5.54 Å². The summed E-state index contributed by atoms with van der Waals surface area (Å²) in [5, 5.41) is 3.26. The monoisotopic (exact) mass is 225 g/mol. The second-order valence-electron chi connectivity index (χ2n) is 4.12. The molecule has 16 heavy (non-hydrogen) atoms. The van der Waals surface area contributed by atoms with E-state index in [1.165, 1.54) is 6.33 Å². The largest absolute Gasteiger partial charge is 0.478 e. The zero-order valence-electron chi connectivity index (χ0n) is 10.3. The van der Waals surface area contributed by atoms with E-state index in [0.717, 1.165) is 5.82 Å². The summed E-state index contributed by atoms with van der Waals surface area (Å²) in [6.07, 6.45) is 1.48. The fraction of sp³-hybridized carbons (Fsp3) is 0.636. The number of anilines is 1. The van der Waals surface area contributed by atoms with Crippen LogP contribution in [0.15, 0.2) is 12.4 Å². The predicted molar refractivity (Wildman–Crippen MR) is 62.8 cm³/mol. The molecule has 0 aliphatic carbocycles. The maximum atomic E-state index is 5.30. The minimum atomic E-state index is -0.174. The molecule has 0 unspecified atom stereocenters. The number of methoxy groups -OCH3 is 1. The number of aromatic nitrogens is 2. The SMILES string of the molecule is CCOc1cc(NC(C)(C)COC)ncn1. The molecule has 1 rings (SSSR count). The molecule has 0 radical (unpaired) electrons. The van der Waals surface area contributed by atoms with E-state index in [9.17, 15) is 0 Å². The van der Waals surface area contributed by atoms with Crippen LogP contribution in [0.3, 0.4) is 0 Å². The van der Waals surface area contributed by atoms with E-state index in [0.29, 0.717) is 19.1 Å². The van der Waals surface area contributed by atoms with Gasteiger partial charge in [-0.2, -0.15) is 0 Å². The molecule has 5 nitrogen and oxygen atoms in total. The first-order chi connectivity index (χ1) is 7.57. The Labute approximate surface area is 96.2 Å². The molecule has 0 aliphatic rings. The molecule has 0 atom stereocenters. The van der Waals surface area contributed by atoms with Crippen LogP contribution in [0, 0.1) is 0 Å². The van der Waals surface area contributed by atoms with Gasteiger partial charge in [0.1, 0.15) is 12.1 Å². The van der Waals surface area contributed by atoms with Crippen LogP contribution in [0.25, 0.3) is 0 Å². The quantitative estimate of drug-likeness (QED) is 0.798. The van der Waals surface area contributed by atoms with Crippen molar-refractivity contribution in [3.63, 3.8) is 0 Å². The van der Waals surface area contributed by atoms with Gasteiger partial charge in [0.25, 0.3) is 0 Å². The molecular formula is C11H19N3O2. The van der Waals surface area contributed by atoms with Gasteiger partial charge in [-0.05, 0) is 20.8 Å². The van der Waals surface area contributed by atoms with Crippen LogP contribution in [0.4, 0.5) is 5.82 Å². The van der Waals surface area contributed by atoms with Gasteiger partial charge in [0, 0.05) is 13.2 Å². The molecule has 0 spiro atoms. The van der Waals surface area contributed by atoms with Crippen molar-refractivity contribution in [2.45, 2.75) is 26.3 Å². The highest BCUT2D eigenvalue weighted by Gasteiger charge is 2.17. The van der Waals surface area contributed by atoms with Crippen LogP contribution in [0.1, 0.15) is 20.8 Å². The van der Waals surface area contributed by atoms with Crippen molar-refractivity contribution < 1.29 is 9.47 Å². The van der Waals surface area contributed by atoms with Gasteiger partial charge in [0.15, 0.2) is 0 Å². The molecule has 0 amide bonds. The minimum absolute atomic E-state index is 0.174. The lowest BCUT2D eigenvalue weighted by Gasteiger charge is -2.25. The van der Waals surface area contributed by atoms with Crippen molar-refractivity contribution in [3.05, 3.63) is 12.4 Å². The van der Waals surface area contributed by atoms with E-state index in [2.05, 4.69) is 15.3 Å². The standard InChI is InChI=1S/C11H19N3O2/c1-5-16-10-6-9(12-8-13-10)14-11(2,3)7-15-4/h6,8H,5,7H2,1-4H3,(H,12,13,14). The molecule has 0 fully saturated rings. The predicted octanol–water partition coefficient (Wildman–Crippen LogP) is 1.71. The highest BCUT2D eigenvalue weighted by atomic mass is 16.5. The Morgan fingerprint density at radius 2 is 2.12 bits per heavy atom. The number of hydrogen-bond donors (Lipinski definition) is 1. The highest BCUT2D eigenvalue weighted by Crippen LogP contribution is 2.16. The summed E-state index contributed by atoms with van der Waals surface area (Å²) in [5.74, 6) is 1.31. The Morgan fingerprint density at radius 1 is 1.38 bits per heavy atom. The van der Waals surface area contributed by atoms with Gasteiger partial charge in [-0.15, -0.1) is 0 Å². The van der Waals surface area contributed by atoms with Crippen molar-refractivity contribution >= 4 is 5.82 Å². The zero-order valence-corrected chi connectivity index (χ0v) is 10.3. The van der Waals surface area contributed by atoms with Crippen molar-refractivity contribution in [2.75, 3.05) is 25.6 Å². The van der Waals surface area contributed by atoms with Gasteiger partial charge < -0.3 is 14.8 Å². The maximum absolute atomic E-state index is 5.30. The molecule has 0 saturated carbocycles. The second-order valence-corrected chi connectivity index (χ2v) is 4.12. The Kier molecular flexibility index (Phi) is 4.49. The first-order valence-electron chi connectivity index (χ1n) is 5.29. The fourth-order valence-electron chi connectivity index (χ4n) is 1.38. The Balaban J connectivity index is 2.69. The van der Waals surface area contributed by atoms with Crippen LogP contribution in [-0.4, -0.2) is 35.8 Å². The number of nitrogens with one attached hydrogen (secondary N) is 1. The second kappa shape index (κ2) is 5.65. The Hall–Kier alpha value is -1.36. The van der Waals surface area contributed by atoms with Gasteiger partial charge >= 0.3 is 0 Å². The van der Waals surface area contributed by atoms with E-state index in [1.807, 2.05) is 20.8 Å². The summed E-state index contributed by atoms with van der Waals surface area (Å²) < 4.78 is 10.4. The summed E-state index contributed by atoms with van der Waals surface area (Å²) in [6, 6.07) is 1.78. The molecule has 90 valence electrons. The lowest BCUT2D eigenvalue weighted by atomic mass is 10.1. The average molecular weight is 225 g/mol. The summed E-state index contributed by atoms with van der Waals surface area (Å²) in [5.41, 5.74) is -0.174. The fourth-order valence-corrected chi connectivity index (χ4v) is 1.38. The van der Waals surface area contributed by atoms with E-state index in [4.69, 9.17) is 9.47 Å². The molecule has 1 heterocycles. The molecule has 1 aromatic rings. The van der Waals surface area contributed by atoms with E-state index in [1.54, 1.807) is 13.2 Å². The topological polar surface area (TPSA) is 56.3 Å². The van der Waals surface area contributed by atoms with Crippen LogP contribution < -0.4 is 10.1 Å². The summed E-state index contributed by atoms with van der Waals surface area (Å²) >= 11 is 0. The molecule has 5 heteroatoms. The first-order valence-corrected chi connectivity index (χ1v) is 5.29. The summed E-state index contributed by atoms with van der Waals surface area (Å²) in [6.45, 7) is 7.20. The van der Waals surface area contributed by atoms with Crippen molar-refractivity contribution in [2.24, 2.45) is 0 Å². The molecule has 0 aromatic carbocycles. The molecule has 0 aliphatic heterocycles. The first kappa shape index (κ1) is 12.7. The molecular weight excluding hydrogens is 206 g/mol. The molecule has 1 aromatic heterocycles. The van der Waals surface area contributed by atoms with Crippen LogP contribution in [0.2, 0.25) is 0 Å². The van der Waals surface area contributed by atoms with Gasteiger partial charge in [-0.3, -0.25) is 0 Å². The van der Waals surface area contributed by atoms with Gasteiger partial charge in [-0.1, -0.05) is 0 Å². The van der Waals surface area contributed by atoms with Crippen LogP contribution >= 0.6 is 0 Å². The van der Waals surface area contributed by atoms with Gasteiger partial charge in [0.05, 0.1) is 18.8 Å². The molecule has 0 bridgehead atoms. The maximum Gasteiger partial charge on any atom is 0.218 e. The Bertz CT molecular complexity index is 329. The summed E-state index contributed by atoms with van der Waals surface area (Å²) in [7, 11) is 1.68. The zero-order chi connectivity index (χ0) is 12.0. The smallest absolute Gasteiger partial charge is 0.218 e. The number of nitrogens with zero attached hydrogens (tertiary/aromatic N) is 2. The Morgan fingerprint density at radius 3 is 2.75 bits per heavy atom. The number of ether oxygens (including phenoxy) is 2. The third kappa shape index (κ3) is 4.02. The molecule has 1 N–H and O–H groups in total. The average Bonchev–Trinajstić information content (AvgIpc) is 2.17. The normalized spacial score (nSPS) is 11.2. The number of hydrogen-bond acceptors (Lipinski definition) is 5. The van der Waals surface area contributed by atoms with Crippen LogP contribution in [0.5, 0.6) is 5.88 Å². The number of rotatable bonds is 6. The van der Waals surface area contributed by atoms with Crippen molar-refractivity contribution in [1.29, 1.82) is 0 Å². The van der Waals surface area contributed by atoms with E-state index >= 15 is 0 Å². The van der Waals surface area contributed by atoms with Crippen molar-refractivity contribution in [3.8, 4) is 5.88 Å². The third-order valence-corrected chi connectivity index (χ3v) is 1.91. The highest BCUT2D eigenvalue weighted by molar-refractivity contribution is 5.39. The lowest BCUT2D eigenvalue weighted by Crippen LogP contribution is -2.36. The minimum Gasteiger partial charge on any atom is -0.478 e. The van der Waals surface area contributed by atoms with E-state index < -0.39 is 0 Å². The summed E-state index contributed by atoms with van der Waals surface area (Å²) in [4.78, 5) is 8.13. The van der Waals surface area contributed by atoms with Gasteiger partial charge in [0.2, 0.25) is 5.88 Å².